The minimum Gasteiger partial charge on any atom is -0.497 e. The van der Waals surface area contributed by atoms with Gasteiger partial charge in [-0.3, -0.25) is 4.79 Å². The minimum absolute atomic E-state index is 0.226. The second kappa shape index (κ2) is 7.17. The number of hydrogen-bond acceptors (Lipinski definition) is 3. The number of carboxylic acid groups (broad SMARTS) is 1. The van der Waals surface area contributed by atoms with E-state index in [9.17, 15) is 4.79 Å². The maximum atomic E-state index is 10.3. The van der Waals surface area contributed by atoms with Gasteiger partial charge >= 0.3 is 5.97 Å². The van der Waals surface area contributed by atoms with E-state index in [1.807, 2.05) is 18.2 Å². The highest BCUT2D eigenvalue weighted by molar-refractivity contribution is 9.10. The van der Waals surface area contributed by atoms with Crippen LogP contribution in [0.3, 0.4) is 0 Å². The van der Waals surface area contributed by atoms with Crippen molar-refractivity contribution in [2.24, 2.45) is 0 Å². The lowest BCUT2D eigenvalue weighted by atomic mass is 10.2. The fourth-order valence-corrected chi connectivity index (χ4v) is 1.89. The maximum Gasteiger partial charge on any atom is 0.303 e. The van der Waals surface area contributed by atoms with E-state index >= 15 is 0 Å². The molecule has 94 valence electrons. The maximum absolute atomic E-state index is 10.3. The van der Waals surface area contributed by atoms with Crippen LogP contribution in [0, 0.1) is 0 Å². The Morgan fingerprint density at radius 1 is 1.41 bits per heavy atom. The lowest BCUT2D eigenvalue weighted by Crippen LogP contribution is -2.03. The predicted octanol–water partition coefficient (Wildman–Crippen LogP) is 3.12. The molecular weight excluding hydrogens is 286 g/mol. The zero-order chi connectivity index (χ0) is 12.7. The number of benzene rings is 1. The summed E-state index contributed by atoms with van der Waals surface area (Å²) in [7, 11) is 1.62. The van der Waals surface area contributed by atoms with Gasteiger partial charge in [-0.15, -0.1) is 0 Å². The lowest BCUT2D eigenvalue weighted by Gasteiger charge is -2.08. The van der Waals surface area contributed by atoms with Gasteiger partial charge in [0.25, 0.3) is 0 Å². The van der Waals surface area contributed by atoms with Gasteiger partial charge in [0.1, 0.15) is 5.75 Å². The normalized spacial score (nSPS) is 10.0. The largest absolute Gasteiger partial charge is 0.497 e. The second-order valence-electron chi connectivity index (χ2n) is 3.66. The standard InChI is InChI=1S/C12H16BrNO3/c1-17-11-7-9(13)6-10(8-11)14-5-3-2-4-12(15)16/h6-8,14H,2-5H2,1H3,(H,15,16). The van der Waals surface area contributed by atoms with Crippen molar-refractivity contribution in [3.63, 3.8) is 0 Å². The minimum atomic E-state index is -0.742. The molecule has 5 heteroatoms. The van der Waals surface area contributed by atoms with Gasteiger partial charge < -0.3 is 15.2 Å². The molecule has 0 aliphatic rings. The van der Waals surface area contributed by atoms with E-state index in [0.717, 1.165) is 28.9 Å². The first-order chi connectivity index (χ1) is 8.11. The van der Waals surface area contributed by atoms with Crippen LogP contribution in [0.2, 0.25) is 0 Å². The van der Waals surface area contributed by atoms with E-state index in [1.165, 1.54) is 0 Å². The number of methoxy groups -OCH3 is 1. The zero-order valence-electron chi connectivity index (χ0n) is 9.70. The molecule has 1 rings (SSSR count). The van der Waals surface area contributed by atoms with Gasteiger partial charge in [-0.05, 0) is 25.0 Å². The fourth-order valence-electron chi connectivity index (χ4n) is 1.42. The van der Waals surface area contributed by atoms with Gasteiger partial charge in [-0.1, -0.05) is 15.9 Å². The van der Waals surface area contributed by atoms with E-state index in [2.05, 4.69) is 21.2 Å². The van der Waals surface area contributed by atoms with Gasteiger partial charge in [0.15, 0.2) is 0 Å². The van der Waals surface area contributed by atoms with Gasteiger partial charge in [0, 0.05) is 29.2 Å². The molecule has 0 unspecified atom stereocenters. The molecule has 17 heavy (non-hydrogen) atoms. The van der Waals surface area contributed by atoms with Gasteiger partial charge in [0.2, 0.25) is 0 Å². The quantitative estimate of drug-likeness (QED) is 0.760. The van der Waals surface area contributed by atoms with Crippen molar-refractivity contribution in [1.29, 1.82) is 0 Å². The van der Waals surface area contributed by atoms with Crippen LogP contribution in [-0.4, -0.2) is 24.7 Å². The van der Waals surface area contributed by atoms with E-state index < -0.39 is 5.97 Å². The number of ether oxygens (including phenoxy) is 1. The molecule has 1 aromatic carbocycles. The van der Waals surface area contributed by atoms with E-state index in [1.54, 1.807) is 7.11 Å². The highest BCUT2D eigenvalue weighted by Crippen LogP contribution is 2.24. The number of carbonyl (C=O) groups is 1. The fraction of sp³-hybridized carbons (Fsp3) is 0.417. The third-order valence-corrected chi connectivity index (χ3v) is 2.71. The molecule has 0 atom stereocenters. The number of rotatable bonds is 7. The van der Waals surface area contributed by atoms with Crippen LogP contribution in [0.25, 0.3) is 0 Å². The Morgan fingerprint density at radius 3 is 2.82 bits per heavy atom. The van der Waals surface area contributed by atoms with Crippen LogP contribution in [0.15, 0.2) is 22.7 Å². The monoisotopic (exact) mass is 301 g/mol. The van der Waals surface area contributed by atoms with E-state index in [-0.39, 0.29) is 6.42 Å². The summed E-state index contributed by atoms with van der Waals surface area (Å²) in [6.07, 6.45) is 1.75. The Kier molecular flexibility index (Phi) is 5.83. The SMILES string of the molecule is COc1cc(Br)cc(NCCCCC(=O)O)c1. The Labute approximate surface area is 109 Å². The third-order valence-electron chi connectivity index (χ3n) is 2.25. The topological polar surface area (TPSA) is 58.6 Å². The summed E-state index contributed by atoms with van der Waals surface area (Å²) >= 11 is 3.40. The molecule has 0 bridgehead atoms. The predicted molar refractivity (Wildman–Crippen MR) is 70.7 cm³/mol. The van der Waals surface area contributed by atoms with Crippen LogP contribution in [0.4, 0.5) is 5.69 Å². The Balaban J connectivity index is 2.36. The van der Waals surface area contributed by atoms with Gasteiger partial charge in [-0.2, -0.15) is 0 Å². The van der Waals surface area contributed by atoms with Crippen molar-refractivity contribution < 1.29 is 14.6 Å². The molecule has 0 heterocycles. The number of aliphatic carboxylic acids is 1. The number of hydrogen-bond donors (Lipinski definition) is 2. The van der Waals surface area contributed by atoms with Gasteiger partial charge in [-0.25, -0.2) is 0 Å². The number of halogens is 1. The van der Waals surface area contributed by atoms with Crippen LogP contribution >= 0.6 is 15.9 Å². The first-order valence-electron chi connectivity index (χ1n) is 5.42. The highest BCUT2D eigenvalue weighted by atomic mass is 79.9. The first kappa shape index (κ1) is 13.8. The van der Waals surface area contributed by atoms with Crippen LogP contribution < -0.4 is 10.1 Å². The van der Waals surface area contributed by atoms with Crippen LogP contribution in [-0.2, 0) is 4.79 Å². The summed E-state index contributed by atoms with van der Waals surface area (Å²) < 4.78 is 6.10. The van der Waals surface area contributed by atoms with Crippen molar-refractivity contribution >= 4 is 27.6 Å². The average molecular weight is 302 g/mol. The third kappa shape index (κ3) is 5.58. The molecule has 1 aromatic rings. The molecule has 2 N–H and O–H groups in total. The highest BCUT2D eigenvalue weighted by Gasteiger charge is 2.00. The smallest absolute Gasteiger partial charge is 0.303 e. The number of carboxylic acids is 1. The summed E-state index contributed by atoms with van der Waals surface area (Å²) in [6.45, 7) is 0.757. The molecule has 0 spiro atoms. The van der Waals surface area contributed by atoms with E-state index in [4.69, 9.17) is 9.84 Å². The molecule has 4 nitrogen and oxygen atoms in total. The van der Waals surface area contributed by atoms with Crippen molar-refractivity contribution in [3.8, 4) is 5.75 Å². The first-order valence-corrected chi connectivity index (χ1v) is 6.21. The zero-order valence-corrected chi connectivity index (χ0v) is 11.3. The van der Waals surface area contributed by atoms with Crippen molar-refractivity contribution in [1.82, 2.24) is 0 Å². The molecule has 0 saturated carbocycles. The molecule has 0 aliphatic heterocycles. The van der Waals surface area contributed by atoms with E-state index in [0.29, 0.717) is 6.42 Å². The Morgan fingerprint density at radius 2 is 2.18 bits per heavy atom. The second-order valence-corrected chi connectivity index (χ2v) is 4.57. The molecule has 0 radical (unpaired) electrons. The number of unbranched alkanes of at least 4 members (excludes halogenated alkanes) is 1. The molecule has 0 fully saturated rings. The Bertz CT molecular complexity index is 382. The average Bonchev–Trinajstić information content (AvgIpc) is 2.27. The molecular formula is C12H16BrNO3. The van der Waals surface area contributed by atoms with Crippen molar-refractivity contribution in [2.75, 3.05) is 19.0 Å². The number of nitrogens with one attached hydrogen (secondary N) is 1. The summed E-state index contributed by atoms with van der Waals surface area (Å²) in [6, 6.07) is 5.75. The van der Waals surface area contributed by atoms with Crippen LogP contribution in [0.1, 0.15) is 19.3 Å². The van der Waals surface area contributed by atoms with Crippen molar-refractivity contribution in [2.45, 2.75) is 19.3 Å². The number of anilines is 1. The molecule has 0 aliphatic carbocycles. The van der Waals surface area contributed by atoms with Gasteiger partial charge in [0.05, 0.1) is 7.11 Å². The summed E-state index contributed by atoms with van der Waals surface area (Å²) in [5.74, 6) is 0.0431. The molecule has 0 aromatic heterocycles. The van der Waals surface area contributed by atoms with Crippen LogP contribution in [0.5, 0.6) is 5.75 Å². The van der Waals surface area contributed by atoms with Crippen molar-refractivity contribution in [3.05, 3.63) is 22.7 Å². The summed E-state index contributed by atoms with van der Waals surface area (Å²) in [4.78, 5) is 10.3. The summed E-state index contributed by atoms with van der Waals surface area (Å²) in [5.41, 5.74) is 0.964. The molecule has 0 saturated heterocycles. The lowest BCUT2D eigenvalue weighted by molar-refractivity contribution is -0.137. The molecule has 0 amide bonds. The Hall–Kier alpha value is -1.23. The summed E-state index contributed by atoms with van der Waals surface area (Å²) in [5, 5.41) is 11.7.